The van der Waals surface area contributed by atoms with E-state index in [2.05, 4.69) is 222 Å². The molecule has 0 saturated carbocycles. The van der Waals surface area contributed by atoms with Gasteiger partial charge in [-0.1, -0.05) is 195 Å². The van der Waals surface area contributed by atoms with Crippen LogP contribution in [0.4, 0.5) is 0 Å². The normalized spacial score (nSPS) is 14.8. The van der Waals surface area contributed by atoms with Crippen LogP contribution in [0.5, 0.6) is 0 Å². The summed E-state index contributed by atoms with van der Waals surface area (Å²) in [4.78, 5) is 31.1. The first kappa shape index (κ1) is 47.7. The third-order valence-corrected chi connectivity index (χ3v) is 21.2. The summed E-state index contributed by atoms with van der Waals surface area (Å²) in [5, 5.41) is 11.9. The number of benzene rings is 11. The van der Waals surface area contributed by atoms with E-state index in [1.165, 1.54) is 49.0 Å². The molecule has 2 aliphatic rings. The fourth-order valence-electron chi connectivity index (χ4n) is 15.9. The molecule has 0 saturated heterocycles. The summed E-state index contributed by atoms with van der Waals surface area (Å²) in [6.45, 7) is 4.72. The number of hydrogen-bond acceptors (Lipinski definition) is 4. The van der Waals surface area contributed by atoms with Crippen LogP contribution in [0.3, 0.4) is 0 Å². The molecule has 18 aromatic rings. The Balaban J connectivity index is 0.723. The van der Waals surface area contributed by atoms with Crippen molar-refractivity contribution >= 4 is 121 Å². The van der Waals surface area contributed by atoms with Gasteiger partial charge in [-0.2, -0.15) is 0 Å². The van der Waals surface area contributed by atoms with Crippen LogP contribution in [0.15, 0.2) is 255 Å². The Morgan fingerprint density at radius 1 is 0.402 bits per heavy atom. The standard InChI is InChI=1S/C79H48N4O3S/c1-79(2)62-27-11-8-20-50(62)57-40-60-51-21-9-12-28-64(51)80(68(60)41-63(57)79)70-42-69-75(87-70)56-26-15-25-52-49-33-30-47(39-61(49)77(85)83(69)72(52)56)44-18-14-19-45(36-44)48-32-35-67-59(38-48)58-37-46(43-16-4-3-5-17-43)31-34-66(58)81(67)78-71-55-24-10-13-29-65(55)82-73(71)74(86-78)53-22-6-7-23-54(53)76(82)84/h3-41,70H,42H2,1-2H3. The number of rotatable bonds is 5. The van der Waals surface area contributed by atoms with E-state index in [-0.39, 0.29) is 21.9 Å². The molecule has 0 bridgehead atoms. The monoisotopic (exact) mass is 1130 g/mol. The molecule has 0 N–H and O–H groups in total. The molecule has 7 nitrogen and oxygen atoms in total. The summed E-state index contributed by atoms with van der Waals surface area (Å²) in [5.41, 5.74) is 20.5. The van der Waals surface area contributed by atoms with Gasteiger partial charge in [0.05, 0.1) is 49.2 Å². The smallest absolute Gasteiger partial charge is 0.263 e. The van der Waals surface area contributed by atoms with Crippen LogP contribution in [0, 0.1) is 0 Å². The fourth-order valence-corrected chi connectivity index (χ4v) is 17.3. The van der Waals surface area contributed by atoms with E-state index >= 15 is 4.79 Å². The molecular formula is C79H48N4O3S. The lowest BCUT2D eigenvalue weighted by molar-refractivity contribution is 0.596. The first-order chi connectivity index (χ1) is 42.7. The van der Waals surface area contributed by atoms with E-state index < -0.39 is 0 Å². The lowest BCUT2D eigenvalue weighted by atomic mass is 9.82. The molecule has 0 spiro atoms. The molecule has 0 radical (unpaired) electrons. The zero-order valence-electron chi connectivity index (χ0n) is 47.2. The Kier molecular flexibility index (Phi) is 9.21. The van der Waals surface area contributed by atoms with Crippen molar-refractivity contribution in [2.75, 3.05) is 0 Å². The second kappa shape index (κ2) is 16.8. The van der Waals surface area contributed by atoms with Crippen LogP contribution < -0.4 is 11.1 Å². The Morgan fingerprint density at radius 3 is 1.78 bits per heavy atom. The van der Waals surface area contributed by atoms with E-state index in [0.29, 0.717) is 22.2 Å². The van der Waals surface area contributed by atoms with Gasteiger partial charge in [-0.05, 0) is 128 Å². The number of fused-ring (bicyclic) bond motifs is 19. The number of aromatic nitrogens is 4. The molecule has 87 heavy (non-hydrogen) atoms. The van der Waals surface area contributed by atoms with Gasteiger partial charge < -0.3 is 8.98 Å². The molecule has 408 valence electrons. The number of furan rings is 1. The van der Waals surface area contributed by atoms with E-state index in [9.17, 15) is 4.79 Å². The number of thioether (sulfide) groups is 1. The zero-order valence-corrected chi connectivity index (χ0v) is 48.0. The van der Waals surface area contributed by atoms with Gasteiger partial charge in [0.25, 0.3) is 11.1 Å². The highest BCUT2D eigenvalue weighted by molar-refractivity contribution is 7.99. The van der Waals surface area contributed by atoms with Crippen LogP contribution in [-0.2, 0) is 11.8 Å². The molecule has 11 aromatic carbocycles. The minimum absolute atomic E-state index is 0.0217. The van der Waals surface area contributed by atoms with Crippen molar-refractivity contribution < 1.29 is 4.42 Å². The van der Waals surface area contributed by atoms with Crippen molar-refractivity contribution in [1.29, 1.82) is 0 Å². The quantitative estimate of drug-likeness (QED) is 0.161. The van der Waals surface area contributed by atoms with Crippen LogP contribution in [-0.4, -0.2) is 17.9 Å². The first-order valence-electron chi connectivity index (χ1n) is 29.9. The van der Waals surface area contributed by atoms with Gasteiger partial charge in [0.2, 0.25) is 5.88 Å². The van der Waals surface area contributed by atoms with Crippen molar-refractivity contribution in [3.8, 4) is 50.4 Å². The van der Waals surface area contributed by atoms with Crippen LogP contribution in [0.1, 0.15) is 36.0 Å². The average molecular weight is 1130 g/mol. The Bertz CT molecular complexity index is 6230. The predicted molar refractivity (Wildman–Crippen MR) is 359 cm³/mol. The topological polar surface area (TPSA) is 66.0 Å². The van der Waals surface area contributed by atoms with Crippen LogP contribution >= 0.6 is 11.8 Å². The molecule has 8 heterocycles. The molecule has 8 heteroatoms. The second-order valence-corrected chi connectivity index (χ2v) is 25.7. The highest BCUT2D eigenvalue weighted by Gasteiger charge is 2.38. The minimum atomic E-state index is -0.131. The molecule has 1 aliphatic carbocycles. The summed E-state index contributed by atoms with van der Waals surface area (Å²) in [6, 6.07) is 84.3. The van der Waals surface area contributed by atoms with E-state index in [1.54, 1.807) is 0 Å². The SMILES string of the molecule is CC1(C)c2ccccc2-c2cc3c4ccccc4n(C4Cc5c(c6cccc7c8ccc(-c9cccc(-c%10ccc%11c(c%10)c%10cc(-c%12ccccc%12)ccc%10n%11-c%10oc%11c%12ccccc%12c(=O)n%12c%13ccccc%13c%10c%11%12)c9)cc8c(=O)n5c67)S4)c3cc21. The number of hydrogen-bond donors (Lipinski definition) is 0. The summed E-state index contributed by atoms with van der Waals surface area (Å²) < 4.78 is 15.9. The van der Waals surface area contributed by atoms with Gasteiger partial charge in [0.1, 0.15) is 5.52 Å². The first-order valence-corrected chi connectivity index (χ1v) is 30.8. The van der Waals surface area contributed by atoms with E-state index in [4.69, 9.17) is 4.42 Å². The summed E-state index contributed by atoms with van der Waals surface area (Å²) in [6.07, 6.45) is 0.717. The third kappa shape index (κ3) is 6.16. The van der Waals surface area contributed by atoms with Gasteiger partial charge >= 0.3 is 0 Å². The molecule has 1 unspecified atom stereocenters. The lowest BCUT2D eigenvalue weighted by Crippen LogP contribution is -2.17. The van der Waals surface area contributed by atoms with Crippen molar-refractivity contribution in [3.05, 3.63) is 274 Å². The molecule has 1 aliphatic heterocycles. The Hall–Kier alpha value is -10.7. The summed E-state index contributed by atoms with van der Waals surface area (Å²) in [7, 11) is 0. The van der Waals surface area contributed by atoms with Gasteiger partial charge in [0.15, 0.2) is 5.58 Å². The van der Waals surface area contributed by atoms with Crippen molar-refractivity contribution in [3.63, 3.8) is 0 Å². The Morgan fingerprint density at radius 2 is 0.989 bits per heavy atom. The average Bonchev–Trinajstić information content (AvgIpc) is 1.59. The van der Waals surface area contributed by atoms with Crippen LogP contribution in [0.2, 0.25) is 0 Å². The number of pyridine rings is 2. The fraction of sp³-hybridized carbons (Fsp3) is 0.0633. The van der Waals surface area contributed by atoms with Crippen molar-refractivity contribution in [2.45, 2.75) is 36.0 Å². The van der Waals surface area contributed by atoms with Gasteiger partial charge in [-0.25, -0.2) is 0 Å². The molecule has 7 aromatic heterocycles. The predicted octanol–water partition coefficient (Wildman–Crippen LogP) is 19.5. The van der Waals surface area contributed by atoms with E-state index in [1.807, 2.05) is 58.6 Å². The molecular weight excluding hydrogens is 1080 g/mol. The maximum atomic E-state index is 15.5. The lowest BCUT2D eigenvalue weighted by Gasteiger charge is -2.22. The van der Waals surface area contributed by atoms with Gasteiger partial charge in [0, 0.05) is 70.9 Å². The maximum absolute atomic E-state index is 15.5. The highest BCUT2D eigenvalue weighted by atomic mass is 32.2. The largest absolute Gasteiger partial charge is 0.437 e. The van der Waals surface area contributed by atoms with Gasteiger partial charge in [-0.15, -0.1) is 0 Å². The number of para-hydroxylation sites is 3. The van der Waals surface area contributed by atoms with Gasteiger partial charge in [-0.3, -0.25) is 23.0 Å². The molecule has 20 rings (SSSR count). The van der Waals surface area contributed by atoms with Crippen LogP contribution in [0.25, 0.3) is 159 Å². The van der Waals surface area contributed by atoms with Crippen molar-refractivity contribution in [2.24, 2.45) is 0 Å². The Labute approximate surface area is 500 Å². The third-order valence-electron chi connectivity index (χ3n) is 19.8. The highest BCUT2D eigenvalue weighted by Crippen LogP contribution is 2.55. The van der Waals surface area contributed by atoms with E-state index in [0.717, 1.165) is 116 Å². The number of nitrogens with zero attached hydrogens (tertiary/aromatic N) is 4. The van der Waals surface area contributed by atoms with Crippen molar-refractivity contribution in [1.82, 2.24) is 17.9 Å². The molecule has 1 atom stereocenters. The minimum Gasteiger partial charge on any atom is -0.437 e. The molecule has 0 fully saturated rings. The summed E-state index contributed by atoms with van der Waals surface area (Å²) >= 11 is 1.90. The summed E-state index contributed by atoms with van der Waals surface area (Å²) in [5.74, 6) is 0.678. The molecule has 0 amide bonds. The maximum Gasteiger partial charge on any atom is 0.263 e. The zero-order chi connectivity index (χ0) is 57.3. The second-order valence-electron chi connectivity index (χ2n) is 24.5.